The average Bonchev–Trinajstić information content (AvgIpc) is 3.01. The fourth-order valence-electron chi connectivity index (χ4n) is 2.35. The Morgan fingerprint density at radius 1 is 1.14 bits per heavy atom. The molecule has 0 saturated heterocycles. The zero-order chi connectivity index (χ0) is 14.8. The Hall–Kier alpha value is -2.57. The highest BCUT2D eigenvalue weighted by molar-refractivity contribution is 5.95. The molecule has 21 heavy (non-hydrogen) atoms. The number of ether oxygens (including phenoxy) is 2. The summed E-state index contributed by atoms with van der Waals surface area (Å²) in [6, 6.07) is 5.16. The van der Waals surface area contributed by atoms with Gasteiger partial charge < -0.3 is 18.9 Å². The molecule has 1 aromatic carbocycles. The third-order valence-corrected chi connectivity index (χ3v) is 3.52. The molecule has 0 fully saturated rings. The van der Waals surface area contributed by atoms with Crippen molar-refractivity contribution in [1.82, 2.24) is 19.7 Å². The van der Waals surface area contributed by atoms with E-state index in [2.05, 4.69) is 10.2 Å². The lowest BCUT2D eigenvalue weighted by Crippen LogP contribution is -2.38. The van der Waals surface area contributed by atoms with Gasteiger partial charge in [0.25, 0.3) is 5.91 Å². The van der Waals surface area contributed by atoms with Crippen LogP contribution in [-0.4, -0.2) is 46.3 Å². The molecule has 1 aliphatic heterocycles. The van der Waals surface area contributed by atoms with Crippen LogP contribution in [0.5, 0.6) is 11.5 Å². The van der Waals surface area contributed by atoms with E-state index in [9.17, 15) is 4.79 Å². The number of fused-ring (bicyclic) bond motifs is 1. The van der Waals surface area contributed by atoms with Crippen molar-refractivity contribution < 1.29 is 14.3 Å². The summed E-state index contributed by atoms with van der Waals surface area (Å²) < 4.78 is 12.4. The molecular weight excluding hydrogens is 272 g/mol. The lowest BCUT2D eigenvalue weighted by Gasteiger charge is -2.27. The molecule has 1 amide bonds. The zero-order valence-corrected chi connectivity index (χ0v) is 11.9. The minimum absolute atomic E-state index is 0.0681. The van der Waals surface area contributed by atoms with Gasteiger partial charge in [0.1, 0.15) is 17.8 Å². The van der Waals surface area contributed by atoms with Crippen molar-refractivity contribution in [3.63, 3.8) is 0 Å². The fourth-order valence-corrected chi connectivity index (χ4v) is 2.35. The summed E-state index contributed by atoms with van der Waals surface area (Å²) in [5.41, 5.74) is 0.541. The number of hydrogen-bond donors (Lipinski definition) is 0. The first-order chi connectivity index (χ1) is 10.2. The highest BCUT2D eigenvalue weighted by Gasteiger charge is 2.23. The van der Waals surface area contributed by atoms with Crippen molar-refractivity contribution in [2.24, 2.45) is 0 Å². The van der Waals surface area contributed by atoms with Gasteiger partial charge in [-0.1, -0.05) is 0 Å². The Morgan fingerprint density at radius 3 is 2.52 bits per heavy atom. The van der Waals surface area contributed by atoms with E-state index in [0.717, 1.165) is 5.82 Å². The second-order valence-electron chi connectivity index (χ2n) is 4.77. The summed E-state index contributed by atoms with van der Waals surface area (Å²) in [7, 11) is 3.12. The Morgan fingerprint density at radius 2 is 1.86 bits per heavy atom. The monoisotopic (exact) mass is 288 g/mol. The predicted octanol–water partition coefficient (Wildman–Crippen LogP) is 0.951. The highest BCUT2D eigenvalue weighted by Crippen LogP contribution is 2.24. The van der Waals surface area contributed by atoms with Gasteiger partial charge in [0.05, 0.1) is 20.8 Å². The first-order valence-electron chi connectivity index (χ1n) is 6.60. The molecule has 0 saturated carbocycles. The van der Waals surface area contributed by atoms with E-state index in [0.29, 0.717) is 36.7 Å². The van der Waals surface area contributed by atoms with Crippen LogP contribution in [0.15, 0.2) is 24.5 Å². The Balaban J connectivity index is 1.85. The molecule has 110 valence electrons. The Labute approximate surface area is 122 Å². The molecule has 1 aliphatic rings. The number of benzene rings is 1. The number of carbonyl (C=O) groups is 1. The average molecular weight is 288 g/mol. The van der Waals surface area contributed by atoms with Crippen LogP contribution in [0.3, 0.4) is 0 Å². The van der Waals surface area contributed by atoms with Crippen molar-refractivity contribution in [3.05, 3.63) is 35.9 Å². The van der Waals surface area contributed by atoms with Crippen LogP contribution < -0.4 is 9.47 Å². The van der Waals surface area contributed by atoms with E-state index in [1.54, 1.807) is 43.6 Å². The SMILES string of the molecule is COc1cc(OC)cc(C(=O)N2CCn3cnnc3C2)c1. The summed E-state index contributed by atoms with van der Waals surface area (Å²) in [4.78, 5) is 14.4. The van der Waals surface area contributed by atoms with Crippen LogP contribution in [0.2, 0.25) is 0 Å². The molecule has 0 aliphatic carbocycles. The maximum absolute atomic E-state index is 12.6. The molecule has 0 bridgehead atoms. The minimum Gasteiger partial charge on any atom is -0.497 e. The van der Waals surface area contributed by atoms with E-state index in [-0.39, 0.29) is 5.91 Å². The van der Waals surface area contributed by atoms with E-state index < -0.39 is 0 Å². The zero-order valence-electron chi connectivity index (χ0n) is 11.9. The second-order valence-corrected chi connectivity index (χ2v) is 4.77. The summed E-state index contributed by atoms with van der Waals surface area (Å²) in [5, 5.41) is 7.88. The van der Waals surface area contributed by atoms with E-state index in [1.165, 1.54) is 0 Å². The van der Waals surface area contributed by atoms with Crippen LogP contribution in [-0.2, 0) is 13.1 Å². The van der Waals surface area contributed by atoms with Crippen LogP contribution in [0.25, 0.3) is 0 Å². The summed E-state index contributed by atoms with van der Waals surface area (Å²) in [5.74, 6) is 1.92. The number of hydrogen-bond acceptors (Lipinski definition) is 5. The maximum atomic E-state index is 12.6. The number of carbonyl (C=O) groups excluding carboxylic acids is 1. The van der Waals surface area contributed by atoms with Crippen molar-refractivity contribution in [3.8, 4) is 11.5 Å². The third kappa shape index (κ3) is 2.54. The fraction of sp³-hybridized carbons (Fsp3) is 0.357. The maximum Gasteiger partial charge on any atom is 0.254 e. The van der Waals surface area contributed by atoms with Gasteiger partial charge in [-0.25, -0.2) is 0 Å². The van der Waals surface area contributed by atoms with Crippen molar-refractivity contribution in [2.45, 2.75) is 13.1 Å². The number of methoxy groups -OCH3 is 2. The number of aromatic nitrogens is 3. The Kier molecular flexibility index (Phi) is 3.47. The first-order valence-corrected chi connectivity index (χ1v) is 6.60. The molecule has 0 N–H and O–H groups in total. The van der Waals surface area contributed by atoms with Crippen LogP contribution in [0.1, 0.15) is 16.2 Å². The summed E-state index contributed by atoms with van der Waals surface area (Å²) >= 11 is 0. The number of amides is 1. The first kappa shape index (κ1) is 13.4. The topological polar surface area (TPSA) is 69.5 Å². The molecule has 0 unspecified atom stereocenters. The second kappa shape index (κ2) is 5.43. The van der Waals surface area contributed by atoms with Gasteiger partial charge in [0, 0.05) is 24.7 Å². The molecule has 0 atom stereocenters. The van der Waals surface area contributed by atoms with Gasteiger partial charge in [0.15, 0.2) is 5.82 Å². The molecule has 2 heterocycles. The van der Waals surface area contributed by atoms with E-state index in [4.69, 9.17) is 9.47 Å². The van der Waals surface area contributed by atoms with Crippen molar-refractivity contribution in [1.29, 1.82) is 0 Å². The number of nitrogens with zero attached hydrogens (tertiary/aromatic N) is 4. The molecular formula is C14H16N4O3. The smallest absolute Gasteiger partial charge is 0.254 e. The lowest BCUT2D eigenvalue weighted by molar-refractivity contribution is 0.0706. The normalized spacial score (nSPS) is 13.7. The van der Waals surface area contributed by atoms with Gasteiger partial charge >= 0.3 is 0 Å². The van der Waals surface area contributed by atoms with Gasteiger partial charge in [-0.15, -0.1) is 10.2 Å². The van der Waals surface area contributed by atoms with Gasteiger partial charge in [-0.3, -0.25) is 4.79 Å². The predicted molar refractivity (Wildman–Crippen MR) is 74.3 cm³/mol. The lowest BCUT2D eigenvalue weighted by atomic mass is 10.1. The molecule has 2 aromatic rings. The Bertz CT molecular complexity index is 646. The van der Waals surface area contributed by atoms with Crippen molar-refractivity contribution >= 4 is 5.91 Å². The quantitative estimate of drug-likeness (QED) is 0.841. The molecule has 0 radical (unpaired) electrons. The summed E-state index contributed by atoms with van der Waals surface area (Å²) in [6.45, 7) is 1.79. The van der Waals surface area contributed by atoms with Crippen molar-refractivity contribution in [2.75, 3.05) is 20.8 Å². The molecule has 1 aromatic heterocycles. The number of rotatable bonds is 3. The summed E-state index contributed by atoms with van der Waals surface area (Å²) in [6.07, 6.45) is 1.69. The standard InChI is InChI=1S/C14H16N4O3/c1-20-11-5-10(6-12(7-11)21-2)14(19)17-3-4-18-9-15-16-13(18)8-17/h5-7,9H,3-4,8H2,1-2H3. The largest absolute Gasteiger partial charge is 0.497 e. The van der Waals surface area contributed by atoms with Crippen LogP contribution >= 0.6 is 0 Å². The van der Waals surface area contributed by atoms with E-state index >= 15 is 0 Å². The molecule has 7 nitrogen and oxygen atoms in total. The van der Waals surface area contributed by atoms with Gasteiger partial charge in [-0.2, -0.15) is 0 Å². The van der Waals surface area contributed by atoms with Gasteiger partial charge in [0.2, 0.25) is 0 Å². The van der Waals surface area contributed by atoms with Gasteiger partial charge in [-0.05, 0) is 12.1 Å². The van der Waals surface area contributed by atoms with Crippen LogP contribution in [0.4, 0.5) is 0 Å². The molecule has 7 heteroatoms. The minimum atomic E-state index is -0.0681. The highest BCUT2D eigenvalue weighted by atomic mass is 16.5. The van der Waals surface area contributed by atoms with Crippen LogP contribution in [0, 0.1) is 0 Å². The van der Waals surface area contributed by atoms with E-state index in [1.807, 2.05) is 4.57 Å². The molecule has 0 spiro atoms. The molecule has 3 rings (SSSR count). The third-order valence-electron chi connectivity index (χ3n) is 3.52.